The predicted octanol–water partition coefficient (Wildman–Crippen LogP) is 2.50. The summed E-state index contributed by atoms with van der Waals surface area (Å²) in [5, 5.41) is 2.63. The van der Waals surface area contributed by atoms with Crippen molar-refractivity contribution in [1.82, 2.24) is 10.3 Å². The summed E-state index contributed by atoms with van der Waals surface area (Å²) in [6.45, 7) is 8.84. The zero-order chi connectivity index (χ0) is 15.5. The molecule has 0 saturated carbocycles. The number of esters is 1. The Morgan fingerprint density at radius 1 is 1.45 bits per heavy atom. The first kappa shape index (κ1) is 16.8. The standard InChI is InChI=1S/C13H20N2O3S2/c1-7-9(20-12(19)15-7)6-10(16)14-8(2)11(17)18-13(3,4)5/h8H,6H2,1-5H3,(H,14,16)(H,15,19)/t8-/m1/s1. The van der Waals surface area contributed by atoms with Gasteiger partial charge >= 0.3 is 5.97 Å². The summed E-state index contributed by atoms with van der Waals surface area (Å²) in [4.78, 5) is 27.5. The maximum atomic E-state index is 11.9. The van der Waals surface area contributed by atoms with E-state index in [-0.39, 0.29) is 12.3 Å². The molecule has 0 radical (unpaired) electrons. The number of amides is 1. The number of carbonyl (C=O) groups is 2. The molecule has 1 atom stereocenters. The number of ether oxygens (including phenoxy) is 1. The van der Waals surface area contributed by atoms with E-state index in [4.69, 9.17) is 17.0 Å². The van der Waals surface area contributed by atoms with E-state index in [0.717, 1.165) is 10.6 Å². The molecule has 0 aromatic carbocycles. The first-order valence-corrected chi connectivity index (χ1v) is 7.52. The third-order valence-corrected chi connectivity index (χ3v) is 3.72. The second-order valence-corrected chi connectivity index (χ2v) is 7.33. The molecule has 0 aliphatic carbocycles. The van der Waals surface area contributed by atoms with Crippen LogP contribution in [0, 0.1) is 10.9 Å². The number of aryl methyl sites for hydroxylation is 1. The Morgan fingerprint density at radius 3 is 2.50 bits per heavy atom. The highest BCUT2D eigenvalue weighted by Gasteiger charge is 2.23. The third-order valence-electron chi connectivity index (χ3n) is 2.38. The minimum absolute atomic E-state index is 0.205. The smallest absolute Gasteiger partial charge is 0.328 e. The van der Waals surface area contributed by atoms with Crippen LogP contribution in [0.3, 0.4) is 0 Å². The third kappa shape index (κ3) is 5.42. The fourth-order valence-corrected chi connectivity index (χ4v) is 2.78. The van der Waals surface area contributed by atoms with E-state index in [1.54, 1.807) is 27.7 Å². The molecule has 2 N–H and O–H groups in total. The Labute approximate surface area is 127 Å². The number of hydrogen-bond acceptors (Lipinski definition) is 5. The predicted molar refractivity (Wildman–Crippen MR) is 81.4 cm³/mol. The molecule has 112 valence electrons. The van der Waals surface area contributed by atoms with E-state index in [1.807, 2.05) is 6.92 Å². The van der Waals surface area contributed by atoms with Crippen LogP contribution in [-0.4, -0.2) is 28.5 Å². The van der Waals surface area contributed by atoms with Gasteiger partial charge in [-0.05, 0) is 46.8 Å². The average molecular weight is 316 g/mol. The molecule has 0 aliphatic rings. The van der Waals surface area contributed by atoms with Crippen LogP contribution >= 0.6 is 23.6 Å². The number of rotatable bonds is 4. The Balaban J connectivity index is 2.56. The lowest BCUT2D eigenvalue weighted by Gasteiger charge is -2.22. The first-order valence-electron chi connectivity index (χ1n) is 6.29. The number of hydrogen-bond donors (Lipinski definition) is 2. The van der Waals surface area contributed by atoms with Crippen LogP contribution in [0.2, 0.25) is 0 Å². The van der Waals surface area contributed by atoms with Gasteiger partial charge in [-0.3, -0.25) is 4.79 Å². The van der Waals surface area contributed by atoms with Crippen LogP contribution in [-0.2, 0) is 20.7 Å². The molecule has 1 aromatic rings. The van der Waals surface area contributed by atoms with Crippen molar-refractivity contribution in [1.29, 1.82) is 0 Å². The second-order valence-electron chi connectivity index (χ2n) is 5.56. The number of aromatic amines is 1. The molecule has 0 bridgehead atoms. The van der Waals surface area contributed by atoms with Gasteiger partial charge in [0.05, 0.1) is 6.42 Å². The maximum Gasteiger partial charge on any atom is 0.328 e. The molecule has 7 heteroatoms. The molecule has 1 rings (SSSR count). The van der Waals surface area contributed by atoms with E-state index < -0.39 is 17.6 Å². The van der Waals surface area contributed by atoms with E-state index in [0.29, 0.717) is 3.95 Å². The minimum Gasteiger partial charge on any atom is -0.458 e. The highest BCUT2D eigenvalue weighted by Crippen LogP contribution is 2.15. The van der Waals surface area contributed by atoms with Crippen LogP contribution in [0.25, 0.3) is 0 Å². The SMILES string of the molecule is Cc1[nH]c(=S)sc1CC(=O)N[C@H](C)C(=O)OC(C)(C)C. The summed E-state index contributed by atoms with van der Waals surface area (Å²) in [5.41, 5.74) is 0.326. The van der Waals surface area contributed by atoms with Crippen molar-refractivity contribution >= 4 is 35.4 Å². The van der Waals surface area contributed by atoms with Crippen molar-refractivity contribution < 1.29 is 14.3 Å². The van der Waals surface area contributed by atoms with E-state index in [2.05, 4.69) is 10.3 Å². The van der Waals surface area contributed by atoms with Crippen molar-refractivity contribution in [3.05, 3.63) is 14.5 Å². The van der Waals surface area contributed by atoms with E-state index >= 15 is 0 Å². The lowest BCUT2D eigenvalue weighted by atomic mass is 10.2. The number of aromatic nitrogens is 1. The number of H-pyrrole nitrogens is 1. The molecule has 1 aromatic heterocycles. The number of carbonyl (C=O) groups excluding carboxylic acids is 2. The van der Waals surface area contributed by atoms with Gasteiger partial charge in [0.25, 0.3) is 0 Å². The van der Waals surface area contributed by atoms with Crippen LogP contribution in [0.1, 0.15) is 38.3 Å². The Bertz CT molecular complexity index is 555. The molecule has 0 unspecified atom stereocenters. The minimum atomic E-state index is -0.672. The van der Waals surface area contributed by atoms with Crippen LogP contribution in [0.5, 0.6) is 0 Å². The average Bonchev–Trinajstić information content (AvgIpc) is 2.54. The quantitative estimate of drug-likeness (QED) is 0.661. The molecule has 20 heavy (non-hydrogen) atoms. The fourth-order valence-electron chi connectivity index (χ4n) is 1.49. The van der Waals surface area contributed by atoms with E-state index in [1.165, 1.54) is 11.3 Å². The van der Waals surface area contributed by atoms with Gasteiger partial charge in [-0.15, -0.1) is 11.3 Å². The normalized spacial score (nSPS) is 12.8. The monoisotopic (exact) mass is 316 g/mol. The largest absolute Gasteiger partial charge is 0.458 e. The summed E-state index contributed by atoms with van der Waals surface area (Å²) in [5.74, 6) is -0.666. The summed E-state index contributed by atoms with van der Waals surface area (Å²) < 4.78 is 5.85. The van der Waals surface area contributed by atoms with Crippen molar-refractivity contribution in [2.24, 2.45) is 0 Å². The topological polar surface area (TPSA) is 71.2 Å². The molecular formula is C13H20N2O3S2. The molecule has 5 nitrogen and oxygen atoms in total. The molecule has 0 saturated heterocycles. The van der Waals surface area contributed by atoms with Gasteiger partial charge < -0.3 is 15.0 Å². The number of nitrogens with one attached hydrogen (secondary N) is 2. The van der Waals surface area contributed by atoms with Gasteiger partial charge in [0.15, 0.2) is 3.95 Å². The molecule has 0 spiro atoms. The first-order chi connectivity index (χ1) is 9.08. The van der Waals surface area contributed by atoms with Gasteiger partial charge in [0.1, 0.15) is 11.6 Å². The van der Waals surface area contributed by atoms with E-state index in [9.17, 15) is 9.59 Å². The van der Waals surface area contributed by atoms with Crippen LogP contribution in [0.15, 0.2) is 0 Å². The van der Waals surface area contributed by atoms with Gasteiger partial charge in [0, 0.05) is 10.6 Å². The Morgan fingerprint density at radius 2 is 2.05 bits per heavy atom. The maximum absolute atomic E-state index is 11.9. The Kier molecular flexibility index (Phi) is 5.47. The van der Waals surface area contributed by atoms with Crippen molar-refractivity contribution in [3.8, 4) is 0 Å². The molecule has 0 fully saturated rings. The van der Waals surface area contributed by atoms with Crippen molar-refractivity contribution in [2.45, 2.75) is 52.7 Å². The second kappa shape index (κ2) is 6.49. The summed E-state index contributed by atoms with van der Waals surface area (Å²) in [6, 6.07) is -0.672. The van der Waals surface area contributed by atoms with Crippen LogP contribution in [0.4, 0.5) is 0 Å². The fraction of sp³-hybridized carbons (Fsp3) is 0.615. The highest BCUT2D eigenvalue weighted by atomic mass is 32.1. The molecule has 1 heterocycles. The lowest BCUT2D eigenvalue weighted by Crippen LogP contribution is -2.42. The van der Waals surface area contributed by atoms with Crippen molar-refractivity contribution in [3.63, 3.8) is 0 Å². The summed E-state index contributed by atoms with van der Waals surface area (Å²) in [7, 11) is 0. The van der Waals surface area contributed by atoms with Crippen LogP contribution < -0.4 is 5.32 Å². The highest BCUT2D eigenvalue weighted by molar-refractivity contribution is 7.73. The molecular weight excluding hydrogens is 296 g/mol. The van der Waals surface area contributed by atoms with Gasteiger partial charge in [-0.1, -0.05) is 0 Å². The zero-order valence-electron chi connectivity index (χ0n) is 12.3. The van der Waals surface area contributed by atoms with Gasteiger partial charge in [0.2, 0.25) is 5.91 Å². The zero-order valence-corrected chi connectivity index (χ0v) is 14.0. The van der Waals surface area contributed by atoms with Crippen molar-refractivity contribution in [2.75, 3.05) is 0 Å². The van der Waals surface area contributed by atoms with Gasteiger partial charge in [-0.2, -0.15) is 0 Å². The Hall–Kier alpha value is -1.21. The molecule has 1 amide bonds. The molecule has 0 aliphatic heterocycles. The lowest BCUT2D eigenvalue weighted by molar-refractivity contribution is -0.158. The summed E-state index contributed by atoms with van der Waals surface area (Å²) >= 11 is 6.39. The van der Waals surface area contributed by atoms with Gasteiger partial charge in [-0.25, -0.2) is 4.79 Å². The summed E-state index contributed by atoms with van der Waals surface area (Å²) in [6.07, 6.45) is 0.205. The number of thiazole rings is 1.